The Hall–Kier alpha value is -3.92. The maximum absolute atomic E-state index is 12.0. The van der Waals surface area contributed by atoms with Crippen molar-refractivity contribution in [2.75, 3.05) is 5.32 Å². The number of carbonyl (C=O) groups is 1. The highest BCUT2D eigenvalue weighted by Gasteiger charge is 2.11. The maximum Gasteiger partial charge on any atom is 0.270 e. The first-order valence-corrected chi connectivity index (χ1v) is 8.74. The van der Waals surface area contributed by atoms with Crippen LogP contribution in [0.5, 0.6) is 0 Å². The number of anilines is 1. The van der Waals surface area contributed by atoms with E-state index in [9.17, 15) is 25.0 Å². The molecule has 10 heteroatoms. The average molecular weight is 396 g/mol. The van der Waals surface area contributed by atoms with Crippen molar-refractivity contribution in [1.29, 1.82) is 0 Å². The lowest BCUT2D eigenvalue weighted by Crippen LogP contribution is -2.07. The summed E-state index contributed by atoms with van der Waals surface area (Å²) in [6.45, 7) is 0. The second kappa shape index (κ2) is 8.18. The van der Waals surface area contributed by atoms with E-state index < -0.39 is 15.8 Å². The van der Waals surface area contributed by atoms with Crippen LogP contribution >= 0.6 is 11.3 Å². The predicted octanol–water partition coefficient (Wildman–Crippen LogP) is 4.28. The molecule has 140 valence electrons. The van der Waals surface area contributed by atoms with Gasteiger partial charge in [-0.3, -0.25) is 30.3 Å². The van der Waals surface area contributed by atoms with E-state index in [1.54, 1.807) is 17.5 Å². The van der Waals surface area contributed by atoms with Gasteiger partial charge < -0.3 is 0 Å². The van der Waals surface area contributed by atoms with Crippen LogP contribution in [0.3, 0.4) is 0 Å². The number of non-ortho nitro benzene ring substituents is 2. The number of nitrogens with zero attached hydrogens (tertiary/aromatic N) is 3. The molecule has 3 aromatic rings. The van der Waals surface area contributed by atoms with Crippen molar-refractivity contribution in [2.45, 2.75) is 0 Å². The Morgan fingerprint density at radius 2 is 1.75 bits per heavy atom. The predicted molar refractivity (Wildman–Crippen MR) is 105 cm³/mol. The molecule has 28 heavy (non-hydrogen) atoms. The summed E-state index contributed by atoms with van der Waals surface area (Å²) < 4.78 is 0. The standard InChI is InChI=1S/C18H12N4O5S/c23-17(9-6-12-4-7-14(8-5-12)21(24)25)20-18-19-16(11-28-18)13-2-1-3-15(10-13)22(26)27/h1-11H,(H,19,20,23)/b9-6+. The van der Waals surface area contributed by atoms with Crippen molar-refractivity contribution in [1.82, 2.24) is 4.98 Å². The van der Waals surface area contributed by atoms with Crippen LogP contribution in [0, 0.1) is 20.2 Å². The third-order valence-electron chi connectivity index (χ3n) is 3.62. The Balaban J connectivity index is 1.66. The van der Waals surface area contributed by atoms with E-state index in [4.69, 9.17) is 0 Å². The van der Waals surface area contributed by atoms with Gasteiger partial charge in [0.2, 0.25) is 5.91 Å². The number of thiazole rings is 1. The number of hydrogen-bond donors (Lipinski definition) is 1. The fourth-order valence-corrected chi connectivity index (χ4v) is 2.99. The van der Waals surface area contributed by atoms with E-state index >= 15 is 0 Å². The zero-order chi connectivity index (χ0) is 20.1. The molecule has 1 N–H and O–H groups in total. The summed E-state index contributed by atoms with van der Waals surface area (Å²) in [5.74, 6) is -0.418. The number of benzene rings is 2. The van der Waals surface area contributed by atoms with Crippen LogP contribution in [0.4, 0.5) is 16.5 Å². The smallest absolute Gasteiger partial charge is 0.270 e. The van der Waals surface area contributed by atoms with Crippen LogP contribution < -0.4 is 5.32 Å². The molecule has 1 amide bonds. The van der Waals surface area contributed by atoms with E-state index in [0.29, 0.717) is 22.0 Å². The summed E-state index contributed by atoms with van der Waals surface area (Å²) in [6, 6.07) is 11.8. The third kappa shape index (κ3) is 4.62. The summed E-state index contributed by atoms with van der Waals surface area (Å²) in [7, 11) is 0. The number of rotatable bonds is 6. The van der Waals surface area contributed by atoms with Crippen LogP contribution in [0.25, 0.3) is 17.3 Å². The van der Waals surface area contributed by atoms with Crippen molar-refractivity contribution >= 4 is 39.8 Å². The lowest BCUT2D eigenvalue weighted by Gasteiger charge is -1.98. The summed E-state index contributed by atoms with van der Waals surface area (Å²) in [5.41, 5.74) is 1.66. The highest BCUT2D eigenvalue weighted by molar-refractivity contribution is 7.14. The zero-order valence-electron chi connectivity index (χ0n) is 14.1. The largest absolute Gasteiger partial charge is 0.298 e. The van der Waals surface area contributed by atoms with Gasteiger partial charge in [0.1, 0.15) is 0 Å². The minimum absolute atomic E-state index is 0.0296. The van der Waals surface area contributed by atoms with Gasteiger partial charge in [0.25, 0.3) is 11.4 Å². The van der Waals surface area contributed by atoms with E-state index in [0.717, 1.165) is 0 Å². The average Bonchev–Trinajstić information content (AvgIpc) is 3.15. The number of carbonyl (C=O) groups excluding carboxylic acids is 1. The minimum Gasteiger partial charge on any atom is -0.298 e. The van der Waals surface area contributed by atoms with Crippen LogP contribution in [0.15, 0.2) is 60.0 Å². The topological polar surface area (TPSA) is 128 Å². The summed E-state index contributed by atoms with van der Waals surface area (Å²) in [4.78, 5) is 36.8. The van der Waals surface area contributed by atoms with E-state index in [-0.39, 0.29) is 11.4 Å². The SMILES string of the molecule is O=C(/C=C/c1ccc([N+](=O)[O-])cc1)Nc1nc(-c2cccc([N+](=O)[O-])c2)cs1. The molecular weight excluding hydrogens is 384 g/mol. The van der Waals surface area contributed by atoms with Crippen molar-refractivity contribution in [3.63, 3.8) is 0 Å². The molecule has 0 radical (unpaired) electrons. The number of nitro benzene ring substituents is 2. The van der Waals surface area contributed by atoms with Gasteiger partial charge in [-0.2, -0.15) is 0 Å². The first-order chi connectivity index (χ1) is 13.4. The van der Waals surface area contributed by atoms with Crippen LogP contribution in [-0.2, 0) is 4.79 Å². The molecule has 0 atom stereocenters. The molecule has 0 aliphatic carbocycles. The molecule has 2 aromatic carbocycles. The molecule has 0 saturated carbocycles. The first-order valence-electron chi connectivity index (χ1n) is 7.86. The molecule has 1 heterocycles. The molecule has 0 saturated heterocycles. The van der Waals surface area contributed by atoms with Crippen molar-refractivity contribution in [2.24, 2.45) is 0 Å². The lowest BCUT2D eigenvalue weighted by molar-refractivity contribution is -0.385. The molecule has 0 bridgehead atoms. The normalized spacial score (nSPS) is 10.7. The number of hydrogen-bond acceptors (Lipinski definition) is 7. The van der Waals surface area contributed by atoms with Crippen LogP contribution in [0.2, 0.25) is 0 Å². The highest BCUT2D eigenvalue weighted by Crippen LogP contribution is 2.27. The van der Waals surface area contributed by atoms with E-state index in [2.05, 4.69) is 10.3 Å². The molecule has 3 rings (SSSR count). The van der Waals surface area contributed by atoms with Gasteiger partial charge in [-0.1, -0.05) is 12.1 Å². The van der Waals surface area contributed by atoms with Gasteiger partial charge in [0.15, 0.2) is 5.13 Å². The fraction of sp³-hybridized carbons (Fsp3) is 0. The molecular formula is C18H12N4O5S. The van der Waals surface area contributed by atoms with Crippen LogP contribution in [-0.4, -0.2) is 20.7 Å². The Labute approximate surface area is 162 Å². The van der Waals surface area contributed by atoms with Crippen molar-refractivity contribution < 1.29 is 14.6 Å². The summed E-state index contributed by atoms with van der Waals surface area (Å²) in [5, 5.41) is 26.1. The molecule has 1 aromatic heterocycles. The van der Waals surface area contributed by atoms with Crippen molar-refractivity contribution in [3.8, 4) is 11.3 Å². The Morgan fingerprint density at radius 1 is 1.04 bits per heavy atom. The Bertz CT molecular complexity index is 1080. The number of amides is 1. The molecule has 0 aliphatic rings. The maximum atomic E-state index is 12.0. The van der Waals surface area contributed by atoms with Crippen LogP contribution in [0.1, 0.15) is 5.56 Å². The van der Waals surface area contributed by atoms with Crippen molar-refractivity contribution in [3.05, 3.63) is 85.8 Å². The summed E-state index contributed by atoms with van der Waals surface area (Å²) in [6.07, 6.45) is 2.81. The molecule has 0 fully saturated rings. The van der Waals surface area contributed by atoms with Gasteiger partial charge in [0.05, 0.1) is 15.5 Å². The molecule has 0 spiro atoms. The highest BCUT2D eigenvalue weighted by atomic mass is 32.1. The second-order valence-electron chi connectivity index (χ2n) is 5.52. The fourth-order valence-electron chi connectivity index (χ4n) is 2.27. The van der Waals surface area contributed by atoms with Gasteiger partial charge in [-0.25, -0.2) is 4.98 Å². The van der Waals surface area contributed by atoms with Gasteiger partial charge >= 0.3 is 0 Å². The zero-order valence-corrected chi connectivity index (χ0v) is 15.0. The molecule has 0 aliphatic heterocycles. The first kappa shape index (κ1) is 18.9. The second-order valence-corrected chi connectivity index (χ2v) is 6.37. The Morgan fingerprint density at radius 3 is 2.43 bits per heavy atom. The molecule has 9 nitrogen and oxygen atoms in total. The third-order valence-corrected chi connectivity index (χ3v) is 4.38. The monoisotopic (exact) mass is 396 g/mol. The van der Waals surface area contributed by atoms with Gasteiger partial charge in [0, 0.05) is 41.3 Å². The lowest BCUT2D eigenvalue weighted by atomic mass is 10.1. The molecule has 0 unspecified atom stereocenters. The quantitative estimate of drug-likeness (QED) is 0.376. The minimum atomic E-state index is -0.498. The number of aromatic nitrogens is 1. The number of nitro groups is 2. The van der Waals surface area contributed by atoms with Gasteiger partial charge in [-0.05, 0) is 23.8 Å². The van der Waals surface area contributed by atoms with E-state index in [1.807, 2.05) is 0 Å². The number of nitrogens with one attached hydrogen (secondary N) is 1. The van der Waals surface area contributed by atoms with Gasteiger partial charge in [-0.15, -0.1) is 11.3 Å². The Kier molecular flexibility index (Phi) is 5.51. The van der Waals surface area contributed by atoms with E-state index in [1.165, 1.54) is 59.9 Å². The summed E-state index contributed by atoms with van der Waals surface area (Å²) >= 11 is 1.19.